The highest BCUT2D eigenvalue weighted by Crippen LogP contribution is 2.27. The van der Waals surface area contributed by atoms with Gasteiger partial charge in [-0.3, -0.25) is 34.2 Å². The number of amides is 6. The maximum atomic E-state index is 13.7. The minimum absolute atomic E-state index is 0.0798. The molecule has 0 saturated heterocycles. The molecular formula is C35H63N9O11. The van der Waals surface area contributed by atoms with Gasteiger partial charge in [-0.15, -0.1) is 0 Å². The molecule has 314 valence electrons. The Morgan fingerprint density at radius 3 is 1.95 bits per heavy atom. The van der Waals surface area contributed by atoms with Gasteiger partial charge < -0.3 is 62.7 Å². The Morgan fingerprint density at radius 2 is 1.33 bits per heavy atom. The van der Waals surface area contributed by atoms with Crippen molar-refractivity contribution in [2.24, 2.45) is 17.4 Å². The molecular weight excluding hydrogens is 722 g/mol. The largest absolute Gasteiger partial charge is 0.481 e. The second kappa shape index (κ2) is 28.7. The predicted octanol–water partition coefficient (Wildman–Crippen LogP) is -0.521. The van der Waals surface area contributed by atoms with Crippen LogP contribution in [-0.2, 0) is 43.0 Å². The van der Waals surface area contributed by atoms with Crippen molar-refractivity contribution in [3.63, 3.8) is 0 Å². The Bertz CT molecular complexity index is 1230. The standard InChI is InChI=1S/C35H63N9O11/c1-3-17-55-35(52)44-24(12-8-9-15-40-34(37)38)31(49)41-25(13-14-29(46)47)32(50)43-27(22-28(36)45)33(51)42-26(21-23-10-6-5-7-11-23)30(48)39-16-18-54-20-19-53-4-2/h23-27H,3-22H2,1-2H3,(H2,36,45)(H,39,48)(H,41,49)(H,42,51)(H,43,50)(H,44,52)(H,46,47)(H4,37,38,40)/t24-,25-,26-,27-/m0/s1. The molecule has 1 fully saturated rings. The summed E-state index contributed by atoms with van der Waals surface area (Å²) in [6.45, 7) is 5.73. The third-order valence-electron chi connectivity index (χ3n) is 8.65. The molecule has 1 aliphatic rings. The van der Waals surface area contributed by atoms with Crippen molar-refractivity contribution in [2.75, 3.05) is 46.1 Å². The average molecular weight is 786 g/mol. The second-order valence-electron chi connectivity index (χ2n) is 13.3. The molecule has 0 aromatic carbocycles. The van der Waals surface area contributed by atoms with Crippen LogP contribution in [-0.4, -0.2) is 123 Å². The highest BCUT2D eigenvalue weighted by molar-refractivity contribution is 5.97. The number of guanidine groups is 1. The van der Waals surface area contributed by atoms with E-state index in [0.717, 1.165) is 32.1 Å². The van der Waals surface area contributed by atoms with Crippen LogP contribution in [0.4, 0.5) is 4.79 Å². The summed E-state index contributed by atoms with van der Waals surface area (Å²) in [5.41, 5.74) is 10.7. The summed E-state index contributed by atoms with van der Waals surface area (Å²) in [5, 5.41) is 32.0. The lowest BCUT2D eigenvalue weighted by Crippen LogP contribution is -2.59. The number of carbonyl (C=O) groups is 7. The molecule has 1 rings (SSSR count). The van der Waals surface area contributed by atoms with E-state index in [4.69, 9.17) is 31.1 Å². The van der Waals surface area contributed by atoms with E-state index in [-0.39, 0.29) is 38.1 Å². The number of carbonyl (C=O) groups excluding carboxylic acids is 6. The number of unbranched alkanes of at least 4 members (excludes halogenated alkanes) is 1. The fourth-order valence-corrected chi connectivity index (χ4v) is 5.83. The predicted molar refractivity (Wildman–Crippen MR) is 200 cm³/mol. The van der Waals surface area contributed by atoms with Gasteiger partial charge in [-0.1, -0.05) is 39.0 Å². The van der Waals surface area contributed by atoms with Crippen molar-refractivity contribution >= 4 is 47.6 Å². The fraction of sp³-hybridized carbons (Fsp3) is 0.771. The van der Waals surface area contributed by atoms with Crippen molar-refractivity contribution in [3.8, 4) is 0 Å². The van der Waals surface area contributed by atoms with Gasteiger partial charge in [0.15, 0.2) is 5.96 Å². The molecule has 1 aliphatic carbocycles. The lowest BCUT2D eigenvalue weighted by Gasteiger charge is -2.28. The molecule has 20 nitrogen and oxygen atoms in total. The molecule has 0 heterocycles. The Labute approximate surface area is 322 Å². The molecule has 4 atom stereocenters. The topological polar surface area (TPSA) is 315 Å². The first-order valence-electron chi connectivity index (χ1n) is 19.1. The SMILES string of the molecule is CCCOC(=O)N[C@@H](CCCCNC(=N)N)C(=O)N[C@@H](CCC(=O)O)C(=O)N[C@@H](CC(N)=O)C(=O)N[C@@H](CC1CCCCC1)C(=O)NCCOCCOCC. The number of aliphatic carboxylic acids is 1. The number of nitrogens with two attached hydrogens (primary N) is 2. The number of alkyl carbamates (subject to hydrolysis) is 1. The molecule has 20 heteroatoms. The first kappa shape index (κ1) is 48.3. The number of primary amides is 1. The number of ether oxygens (including phenoxy) is 3. The van der Waals surface area contributed by atoms with Gasteiger partial charge in [0.05, 0.1) is 32.8 Å². The van der Waals surface area contributed by atoms with Crippen LogP contribution in [0.2, 0.25) is 0 Å². The first-order chi connectivity index (χ1) is 26.3. The Kier molecular flexibility index (Phi) is 25.2. The summed E-state index contributed by atoms with van der Waals surface area (Å²) < 4.78 is 15.7. The first-order valence-corrected chi connectivity index (χ1v) is 19.1. The van der Waals surface area contributed by atoms with Crippen molar-refractivity contribution in [1.29, 1.82) is 5.41 Å². The minimum atomic E-state index is -1.58. The smallest absolute Gasteiger partial charge is 0.407 e. The van der Waals surface area contributed by atoms with Crippen LogP contribution >= 0.6 is 0 Å². The highest BCUT2D eigenvalue weighted by Gasteiger charge is 2.33. The van der Waals surface area contributed by atoms with Crippen LogP contribution in [0.25, 0.3) is 0 Å². The summed E-state index contributed by atoms with van der Waals surface area (Å²) in [6.07, 6.45) is 4.02. The van der Waals surface area contributed by atoms with Gasteiger partial charge in [-0.2, -0.15) is 0 Å². The van der Waals surface area contributed by atoms with Crippen LogP contribution in [0.1, 0.15) is 97.3 Å². The van der Waals surface area contributed by atoms with Crippen LogP contribution in [0.5, 0.6) is 0 Å². The summed E-state index contributed by atoms with van der Waals surface area (Å²) in [7, 11) is 0. The molecule has 0 radical (unpaired) electrons. The second-order valence-corrected chi connectivity index (χ2v) is 13.3. The van der Waals surface area contributed by atoms with E-state index in [2.05, 4.69) is 31.9 Å². The van der Waals surface area contributed by atoms with Crippen molar-refractivity contribution in [2.45, 2.75) is 121 Å². The number of carboxylic acids is 1. The number of carboxylic acid groups (broad SMARTS) is 1. The highest BCUT2D eigenvalue weighted by atomic mass is 16.5. The quantitative estimate of drug-likeness (QED) is 0.0260. The van der Waals surface area contributed by atoms with Crippen molar-refractivity contribution < 1.29 is 52.9 Å². The van der Waals surface area contributed by atoms with Gasteiger partial charge in [-0.25, -0.2) is 4.79 Å². The van der Waals surface area contributed by atoms with E-state index in [1.54, 1.807) is 6.92 Å². The molecule has 1 saturated carbocycles. The zero-order valence-corrected chi connectivity index (χ0v) is 32.2. The molecule has 0 bridgehead atoms. The third-order valence-corrected chi connectivity index (χ3v) is 8.65. The normalized spacial score (nSPS) is 14.9. The van der Waals surface area contributed by atoms with Gasteiger partial charge >= 0.3 is 12.1 Å². The zero-order chi connectivity index (χ0) is 41.0. The minimum Gasteiger partial charge on any atom is -0.481 e. The lowest BCUT2D eigenvalue weighted by atomic mass is 9.84. The van der Waals surface area contributed by atoms with Gasteiger partial charge in [0.25, 0.3) is 0 Å². The third kappa shape index (κ3) is 23.0. The summed E-state index contributed by atoms with van der Waals surface area (Å²) in [5.74, 6) is -5.48. The molecule has 0 aromatic rings. The Morgan fingerprint density at radius 1 is 0.709 bits per heavy atom. The van der Waals surface area contributed by atoms with Crippen LogP contribution in [0.15, 0.2) is 0 Å². The molecule has 12 N–H and O–H groups in total. The summed E-state index contributed by atoms with van der Waals surface area (Å²) in [6, 6.07) is -5.32. The number of nitrogens with one attached hydrogen (secondary N) is 7. The van der Waals surface area contributed by atoms with Gasteiger partial charge in [-0.05, 0) is 51.4 Å². The fourth-order valence-electron chi connectivity index (χ4n) is 5.83. The molecule has 0 spiro atoms. The van der Waals surface area contributed by atoms with Crippen LogP contribution < -0.4 is 43.4 Å². The monoisotopic (exact) mass is 785 g/mol. The summed E-state index contributed by atoms with van der Waals surface area (Å²) in [4.78, 5) is 90.1. The van der Waals surface area contributed by atoms with E-state index < -0.39 is 85.0 Å². The van der Waals surface area contributed by atoms with Crippen molar-refractivity contribution in [1.82, 2.24) is 31.9 Å². The van der Waals surface area contributed by atoms with E-state index in [1.807, 2.05) is 6.92 Å². The molecule has 55 heavy (non-hydrogen) atoms. The number of rotatable bonds is 29. The molecule has 0 unspecified atom stereocenters. The van der Waals surface area contributed by atoms with E-state index in [9.17, 15) is 38.7 Å². The molecule has 6 amide bonds. The number of hydrogen-bond donors (Lipinski definition) is 10. The van der Waals surface area contributed by atoms with E-state index >= 15 is 0 Å². The van der Waals surface area contributed by atoms with Gasteiger partial charge in [0, 0.05) is 26.1 Å². The van der Waals surface area contributed by atoms with Crippen LogP contribution in [0, 0.1) is 11.3 Å². The lowest BCUT2D eigenvalue weighted by molar-refractivity contribution is -0.138. The average Bonchev–Trinajstić information content (AvgIpc) is 3.13. The van der Waals surface area contributed by atoms with E-state index in [0.29, 0.717) is 52.0 Å². The maximum absolute atomic E-state index is 13.7. The molecule has 0 aliphatic heterocycles. The van der Waals surface area contributed by atoms with Gasteiger partial charge in [0.2, 0.25) is 29.5 Å². The zero-order valence-electron chi connectivity index (χ0n) is 32.2. The van der Waals surface area contributed by atoms with Crippen molar-refractivity contribution in [3.05, 3.63) is 0 Å². The maximum Gasteiger partial charge on any atom is 0.407 e. The Hall–Kier alpha value is -4.72. The molecule has 0 aromatic heterocycles. The number of hydrogen-bond acceptors (Lipinski definition) is 11. The summed E-state index contributed by atoms with van der Waals surface area (Å²) >= 11 is 0. The van der Waals surface area contributed by atoms with Gasteiger partial charge in [0.1, 0.15) is 24.2 Å². The Balaban J connectivity index is 3.15. The van der Waals surface area contributed by atoms with Crippen LogP contribution in [0.3, 0.4) is 0 Å². The van der Waals surface area contributed by atoms with E-state index in [1.165, 1.54) is 0 Å².